The number of imidazole rings is 1. The van der Waals surface area contributed by atoms with E-state index in [0.717, 1.165) is 36.2 Å². The summed E-state index contributed by atoms with van der Waals surface area (Å²) in [5.41, 5.74) is 4.97. The number of fused-ring (bicyclic) bond motifs is 1. The summed E-state index contributed by atoms with van der Waals surface area (Å²) in [5, 5.41) is 3.00. The van der Waals surface area contributed by atoms with Crippen LogP contribution in [0.25, 0.3) is 11.0 Å². The zero-order chi connectivity index (χ0) is 21.0. The summed E-state index contributed by atoms with van der Waals surface area (Å²) in [6, 6.07) is 17.2. The molecule has 0 aliphatic rings. The average Bonchev–Trinajstić information content (AvgIpc) is 3.02. The van der Waals surface area contributed by atoms with E-state index in [2.05, 4.69) is 73.1 Å². The summed E-state index contributed by atoms with van der Waals surface area (Å²) in [6.07, 6.45) is 1.72. The van der Waals surface area contributed by atoms with E-state index in [4.69, 9.17) is 4.98 Å². The standard InChI is InChI=1S/C25H33N3O/c1-18(2)24(29)26-16-8-11-23-27-21-9-6-7-10-22(21)28(23)17-19-12-14-20(15-13-19)25(3,4)5/h6-7,9-10,12-15,18H,8,11,16-17H2,1-5H3,(H,26,29). The quantitative estimate of drug-likeness (QED) is 0.571. The summed E-state index contributed by atoms with van der Waals surface area (Å²) in [4.78, 5) is 16.6. The first-order valence-corrected chi connectivity index (χ1v) is 10.6. The predicted molar refractivity (Wildman–Crippen MR) is 120 cm³/mol. The van der Waals surface area contributed by atoms with Crippen molar-refractivity contribution < 1.29 is 4.79 Å². The summed E-state index contributed by atoms with van der Waals surface area (Å²) in [5.74, 6) is 1.21. The van der Waals surface area contributed by atoms with Gasteiger partial charge in [0, 0.05) is 25.4 Å². The maximum atomic E-state index is 11.8. The van der Waals surface area contributed by atoms with Crippen LogP contribution in [-0.2, 0) is 23.2 Å². The number of aromatic nitrogens is 2. The van der Waals surface area contributed by atoms with Gasteiger partial charge < -0.3 is 9.88 Å². The largest absolute Gasteiger partial charge is 0.356 e. The molecule has 3 aromatic rings. The number of nitrogens with one attached hydrogen (secondary N) is 1. The van der Waals surface area contributed by atoms with Crippen LogP contribution < -0.4 is 5.32 Å². The second-order valence-corrected chi connectivity index (χ2v) is 9.10. The third-order valence-corrected chi connectivity index (χ3v) is 5.30. The number of nitrogens with zero attached hydrogens (tertiary/aromatic N) is 2. The van der Waals surface area contributed by atoms with Gasteiger partial charge in [0.25, 0.3) is 0 Å². The highest BCUT2D eigenvalue weighted by Crippen LogP contribution is 2.24. The molecule has 1 heterocycles. The van der Waals surface area contributed by atoms with Crippen LogP contribution in [0.4, 0.5) is 0 Å². The Balaban J connectivity index is 1.77. The lowest BCUT2D eigenvalue weighted by molar-refractivity contribution is -0.123. The van der Waals surface area contributed by atoms with E-state index in [1.54, 1.807) is 0 Å². The van der Waals surface area contributed by atoms with Gasteiger partial charge in [0.1, 0.15) is 5.82 Å². The zero-order valence-electron chi connectivity index (χ0n) is 18.3. The minimum Gasteiger partial charge on any atom is -0.356 e. The molecule has 1 amide bonds. The van der Waals surface area contributed by atoms with E-state index in [9.17, 15) is 4.79 Å². The van der Waals surface area contributed by atoms with Gasteiger partial charge >= 0.3 is 0 Å². The lowest BCUT2D eigenvalue weighted by Crippen LogP contribution is -2.28. The van der Waals surface area contributed by atoms with Crippen LogP contribution in [0.3, 0.4) is 0 Å². The number of aryl methyl sites for hydroxylation is 1. The van der Waals surface area contributed by atoms with Crippen molar-refractivity contribution >= 4 is 16.9 Å². The first-order chi connectivity index (χ1) is 13.8. The predicted octanol–water partition coefficient (Wildman–Crippen LogP) is 5.09. The van der Waals surface area contributed by atoms with Crippen LogP contribution in [0.15, 0.2) is 48.5 Å². The molecule has 0 spiro atoms. The van der Waals surface area contributed by atoms with E-state index >= 15 is 0 Å². The Morgan fingerprint density at radius 3 is 2.41 bits per heavy atom. The molecule has 0 atom stereocenters. The Labute approximate surface area is 174 Å². The summed E-state index contributed by atoms with van der Waals surface area (Å²) in [7, 11) is 0. The van der Waals surface area contributed by atoms with Crippen molar-refractivity contribution in [3.63, 3.8) is 0 Å². The monoisotopic (exact) mass is 391 g/mol. The normalized spacial score (nSPS) is 11.9. The smallest absolute Gasteiger partial charge is 0.222 e. The fraction of sp³-hybridized carbons (Fsp3) is 0.440. The molecule has 4 nitrogen and oxygen atoms in total. The maximum Gasteiger partial charge on any atom is 0.222 e. The first-order valence-electron chi connectivity index (χ1n) is 10.6. The van der Waals surface area contributed by atoms with Gasteiger partial charge in [0.15, 0.2) is 0 Å². The summed E-state index contributed by atoms with van der Waals surface area (Å²) >= 11 is 0. The van der Waals surface area contributed by atoms with Gasteiger partial charge in [-0.15, -0.1) is 0 Å². The number of rotatable bonds is 7. The van der Waals surface area contributed by atoms with Crippen LogP contribution in [0.5, 0.6) is 0 Å². The molecule has 0 fully saturated rings. The molecule has 1 aromatic heterocycles. The molecule has 29 heavy (non-hydrogen) atoms. The highest BCUT2D eigenvalue weighted by atomic mass is 16.1. The van der Waals surface area contributed by atoms with Crippen LogP contribution in [0, 0.1) is 5.92 Å². The van der Waals surface area contributed by atoms with Crippen molar-refractivity contribution in [3.8, 4) is 0 Å². The van der Waals surface area contributed by atoms with E-state index in [1.807, 2.05) is 19.9 Å². The maximum absolute atomic E-state index is 11.8. The van der Waals surface area contributed by atoms with Crippen molar-refractivity contribution in [2.75, 3.05) is 6.54 Å². The second kappa shape index (κ2) is 8.81. The Bertz CT molecular complexity index is 962. The molecule has 0 aliphatic carbocycles. The fourth-order valence-corrected chi connectivity index (χ4v) is 3.45. The zero-order valence-corrected chi connectivity index (χ0v) is 18.3. The van der Waals surface area contributed by atoms with E-state index in [-0.39, 0.29) is 17.2 Å². The fourth-order valence-electron chi connectivity index (χ4n) is 3.45. The molecular formula is C25H33N3O. The second-order valence-electron chi connectivity index (χ2n) is 9.10. The SMILES string of the molecule is CC(C)C(=O)NCCCc1nc2ccccc2n1Cc1ccc(C(C)(C)C)cc1. The molecule has 0 radical (unpaired) electrons. The number of hydrogen-bond acceptors (Lipinski definition) is 2. The van der Waals surface area contributed by atoms with Crippen molar-refractivity contribution in [1.29, 1.82) is 0 Å². The molecule has 4 heteroatoms. The van der Waals surface area contributed by atoms with Gasteiger partial charge in [-0.1, -0.05) is 71.0 Å². The lowest BCUT2D eigenvalue weighted by atomic mass is 9.87. The summed E-state index contributed by atoms with van der Waals surface area (Å²) < 4.78 is 2.31. The molecular weight excluding hydrogens is 358 g/mol. The van der Waals surface area contributed by atoms with Gasteiger partial charge in [-0.05, 0) is 35.1 Å². The molecule has 2 aromatic carbocycles. The van der Waals surface area contributed by atoms with Crippen LogP contribution >= 0.6 is 0 Å². The number of amides is 1. The van der Waals surface area contributed by atoms with Gasteiger partial charge in [0.05, 0.1) is 11.0 Å². The Morgan fingerprint density at radius 1 is 1.07 bits per heavy atom. The third kappa shape index (κ3) is 5.26. The Morgan fingerprint density at radius 2 is 1.76 bits per heavy atom. The minimum absolute atomic E-state index is 0.0237. The van der Waals surface area contributed by atoms with Crippen LogP contribution in [0.2, 0.25) is 0 Å². The molecule has 154 valence electrons. The number of carbonyl (C=O) groups excluding carboxylic acids is 1. The van der Waals surface area contributed by atoms with Crippen molar-refractivity contribution in [2.24, 2.45) is 5.92 Å². The van der Waals surface area contributed by atoms with Gasteiger partial charge in [-0.3, -0.25) is 4.79 Å². The first kappa shape index (κ1) is 21.1. The van der Waals surface area contributed by atoms with Gasteiger partial charge in [-0.25, -0.2) is 4.98 Å². The molecule has 1 N–H and O–H groups in total. The molecule has 0 saturated heterocycles. The molecule has 0 bridgehead atoms. The highest BCUT2D eigenvalue weighted by Gasteiger charge is 2.14. The minimum atomic E-state index is 0.0237. The molecule has 0 aliphatic heterocycles. The van der Waals surface area contributed by atoms with Gasteiger partial charge in [0.2, 0.25) is 5.91 Å². The average molecular weight is 392 g/mol. The van der Waals surface area contributed by atoms with Gasteiger partial charge in [-0.2, -0.15) is 0 Å². The Kier molecular flexibility index (Phi) is 6.41. The number of hydrogen-bond donors (Lipinski definition) is 1. The van der Waals surface area contributed by atoms with E-state index in [0.29, 0.717) is 6.54 Å². The highest BCUT2D eigenvalue weighted by molar-refractivity contribution is 5.77. The third-order valence-electron chi connectivity index (χ3n) is 5.30. The summed E-state index contributed by atoms with van der Waals surface area (Å²) in [6.45, 7) is 12.0. The number of benzene rings is 2. The molecule has 3 rings (SSSR count). The van der Waals surface area contributed by atoms with E-state index in [1.165, 1.54) is 11.1 Å². The topological polar surface area (TPSA) is 46.9 Å². The molecule has 0 saturated carbocycles. The van der Waals surface area contributed by atoms with Crippen molar-refractivity contribution in [1.82, 2.24) is 14.9 Å². The number of para-hydroxylation sites is 2. The lowest BCUT2D eigenvalue weighted by Gasteiger charge is -2.19. The van der Waals surface area contributed by atoms with E-state index < -0.39 is 0 Å². The van der Waals surface area contributed by atoms with Crippen LogP contribution in [0.1, 0.15) is 58.0 Å². The number of carbonyl (C=O) groups is 1. The van der Waals surface area contributed by atoms with Crippen LogP contribution in [-0.4, -0.2) is 22.0 Å². The molecule has 0 unspecified atom stereocenters. The Hall–Kier alpha value is -2.62. The van der Waals surface area contributed by atoms with Crippen molar-refractivity contribution in [3.05, 3.63) is 65.5 Å². The van der Waals surface area contributed by atoms with Crippen molar-refractivity contribution in [2.45, 2.75) is 59.4 Å².